The third kappa shape index (κ3) is 4.06. The van der Waals surface area contributed by atoms with Crippen LogP contribution in [0.15, 0.2) is 66.0 Å². The maximum atomic E-state index is 13.2. The molecular weight excluding hydrogens is 444 g/mol. The van der Waals surface area contributed by atoms with Gasteiger partial charge in [0.15, 0.2) is 0 Å². The topological polar surface area (TPSA) is 66.9 Å². The van der Waals surface area contributed by atoms with E-state index in [4.69, 9.17) is 17.0 Å². The number of aryl methyl sites for hydroxylation is 1. The van der Waals surface area contributed by atoms with Gasteiger partial charge in [0.1, 0.15) is 6.61 Å². The van der Waals surface area contributed by atoms with Crippen molar-refractivity contribution in [3.8, 4) is 0 Å². The Morgan fingerprint density at radius 3 is 2.28 bits per heavy atom. The van der Waals surface area contributed by atoms with Gasteiger partial charge in [-0.2, -0.15) is 0 Å². The fraction of sp³-hybridized carbons (Fsp3) is 0.167. The van der Waals surface area contributed by atoms with Crippen LogP contribution < -0.4 is 4.90 Å². The molecule has 0 saturated carbocycles. The van der Waals surface area contributed by atoms with Crippen LogP contribution in [0.4, 0.5) is 5.69 Å². The van der Waals surface area contributed by atoms with Crippen molar-refractivity contribution in [1.29, 1.82) is 0 Å². The van der Waals surface area contributed by atoms with Gasteiger partial charge in [0.2, 0.25) is 0 Å². The van der Waals surface area contributed by atoms with Gasteiger partial charge >= 0.3 is 0 Å². The van der Waals surface area contributed by atoms with Crippen molar-refractivity contribution in [1.82, 2.24) is 4.90 Å². The lowest BCUT2D eigenvalue weighted by Gasteiger charge is -2.25. The predicted molar refractivity (Wildman–Crippen MR) is 127 cm³/mol. The van der Waals surface area contributed by atoms with Gasteiger partial charge in [-0.15, -0.1) is 11.3 Å². The first-order valence-electron chi connectivity index (χ1n) is 10.1. The number of thiophene rings is 1. The monoisotopic (exact) mass is 464 g/mol. The van der Waals surface area contributed by atoms with E-state index in [-0.39, 0.29) is 36.0 Å². The lowest BCUT2D eigenvalue weighted by molar-refractivity contribution is 0.0627. The number of imide groups is 1. The molecule has 1 aliphatic rings. The van der Waals surface area contributed by atoms with Crippen molar-refractivity contribution >= 4 is 52.1 Å². The number of para-hydroxylation sites is 1. The molecule has 1 aliphatic heterocycles. The lowest BCUT2D eigenvalue weighted by atomic mass is 10.1. The number of amides is 3. The van der Waals surface area contributed by atoms with E-state index in [1.54, 1.807) is 36.4 Å². The number of hydrogen-bond acceptors (Lipinski definition) is 6. The molecule has 0 unspecified atom stereocenters. The van der Waals surface area contributed by atoms with Crippen molar-refractivity contribution in [3.63, 3.8) is 0 Å². The first-order chi connectivity index (χ1) is 15.5. The van der Waals surface area contributed by atoms with Crippen molar-refractivity contribution in [2.24, 2.45) is 0 Å². The highest BCUT2D eigenvalue weighted by atomic mass is 32.1. The average Bonchev–Trinajstić information content (AvgIpc) is 3.43. The van der Waals surface area contributed by atoms with Crippen LogP contribution in [0.3, 0.4) is 0 Å². The molecule has 0 spiro atoms. The Labute approximate surface area is 195 Å². The van der Waals surface area contributed by atoms with Gasteiger partial charge < -0.3 is 4.74 Å². The summed E-state index contributed by atoms with van der Waals surface area (Å²) in [5.74, 6) is -1.00. The summed E-state index contributed by atoms with van der Waals surface area (Å²) >= 11 is 6.80. The van der Waals surface area contributed by atoms with Crippen LogP contribution in [0.25, 0.3) is 0 Å². The molecule has 0 saturated heterocycles. The molecule has 0 bridgehead atoms. The van der Waals surface area contributed by atoms with Gasteiger partial charge in [-0.25, -0.2) is 4.90 Å². The van der Waals surface area contributed by atoms with Gasteiger partial charge in [-0.3, -0.25) is 19.3 Å². The number of nitrogens with zero attached hydrogens (tertiary/aromatic N) is 2. The molecule has 8 heteroatoms. The van der Waals surface area contributed by atoms with Crippen LogP contribution >= 0.6 is 23.6 Å². The number of ether oxygens (including phenoxy) is 1. The normalized spacial score (nSPS) is 12.6. The molecule has 6 nitrogen and oxygen atoms in total. The number of hydrogen-bond donors (Lipinski definition) is 0. The number of fused-ring (bicyclic) bond motifs is 1. The minimum absolute atomic E-state index is 0.0210. The summed E-state index contributed by atoms with van der Waals surface area (Å²) in [6.07, 6.45) is 0.710. The van der Waals surface area contributed by atoms with E-state index in [2.05, 4.69) is 0 Å². The Morgan fingerprint density at radius 1 is 1.00 bits per heavy atom. The Balaban J connectivity index is 1.51. The lowest BCUT2D eigenvalue weighted by Crippen LogP contribution is -2.39. The van der Waals surface area contributed by atoms with Crippen LogP contribution in [0.1, 0.15) is 42.9 Å². The second-order valence-electron chi connectivity index (χ2n) is 7.02. The van der Waals surface area contributed by atoms with Gasteiger partial charge in [0.25, 0.3) is 22.9 Å². The number of anilines is 1. The van der Waals surface area contributed by atoms with Crippen molar-refractivity contribution in [3.05, 3.63) is 87.6 Å². The molecule has 0 radical (unpaired) electrons. The molecule has 3 amide bonds. The molecule has 2 aromatic carbocycles. The SMILES string of the molecule is CCc1ccccc1N(C(=O)c1cccs1)C(=S)OCCN1C(=O)c2ccccc2C1=O. The Kier molecular flexibility index (Phi) is 6.43. The maximum Gasteiger partial charge on any atom is 0.275 e. The van der Waals surface area contributed by atoms with E-state index in [1.165, 1.54) is 16.2 Å². The van der Waals surface area contributed by atoms with Crippen LogP contribution in [-0.4, -0.2) is 40.9 Å². The summed E-state index contributed by atoms with van der Waals surface area (Å²) < 4.78 is 5.73. The van der Waals surface area contributed by atoms with Gasteiger partial charge in [-0.05, 0) is 53.8 Å². The zero-order valence-corrected chi connectivity index (χ0v) is 18.9. The van der Waals surface area contributed by atoms with Gasteiger partial charge in [0, 0.05) is 0 Å². The summed E-state index contributed by atoms with van der Waals surface area (Å²) in [6.45, 7) is 2.01. The molecule has 1 aromatic heterocycles. The van der Waals surface area contributed by atoms with Gasteiger partial charge in [-0.1, -0.05) is 43.3 Å². The number of carbonyl (C=O) groups excluding carboxylic acids is 3. The maximum absolute atomic E-state index is 13.2. The van der Waals surface area contributed by atoms with Crippen molar-refractivity contribution in [2.75, 3.05) is 18.1 Å². The largest absolute Gasteiger partial charge is 0.468 e. The van der Waals surface area contributed by atoms with Gasteiger partial charge in [0.05, 0.1) is 28.2 Å². The minimum atomic E-state index is -0.358. The zero-order chi connectivity index (χ0) is 22.7. The number of rotatable bonds is 6. The first-order valence-corrected chi connectivity index (χ1v) is 11.4. The van der Waals surface area contributed by atoms with Crippen LogP contribution in [0.5, 0.6) is 0 Å². The zero-order valence-electron chi connectivity index (χ0n) is 17.3. The average molecular weight is 465 g/mol. The van der Waals surface area contributed by atoms with Crippen LogP contribution in [0, 0.1) is 0 Å². The molecule has 0 atom stereocenters. The van der Waals surface area contributed by atoms with E-state index in [0.717, 1.165) is 10.5 Å². The third-order valence-corrected chi connectivity index (χ3v) is 6.31. The quantitative estimate of drug-likeness (QED) is 0.395. The van der Waals surface area contributed by atoms with E-state index in [1.807, 2.05) is 36.6 Å². The molecule has 0 fully saturated rings. The van der Waals surface area contributed by atoms with Crippen LogP contribution in [-0.2, 0) is 11.2 Å². The number of thiocarbonyl (C=S) groups is 1. The number of benzene rings is 2. The first kappa shape index (κ1) is 21.9. The highest BCUT2D eigenvalue weighted by Crippen LogP contribution is 2.26. The fourth-order valence-electron chi connectivity index (χ4n) is 3.56. The second kappa shape index (κ2) is 9.42. The summed E-state index contributed by atoms with van der Waals surface area (Å²) in [5.41, 5.74) is 2.36. The standard InChI is InChI=1S/C24H20N2O4S2/c1-2-16-8-3-6-11-19(16)26(23(29)20-12-7-15-32-20)24(31)30-14-13-25-21(27)17-9-4-5-10-18(17)22(25)28/h3-12,15H,2,13-14H2,1H3. The molecule has 32 heavy (non-hydrogen) atoms. The van der Waals surface area contributed by atoms with E-state index < -0.39 is 0 Å². The number of carbonyl (C=O) groups is 3. The molecule has 162 valence electrons. The summed E-state index contributed by atoms with van der Waals surface area (Å²) in [5, 5.41) is 1.80. The van der Waals surface area contributed by atoms with Crippen LogP contribution in [0.2, 0.25) is 0 Å². The fourth-order valence-corrected chi connectivity index (χ4v) is 4.48. The molecule has 2 heterocycles. The highest BCUT2D eigenvalue weighted by molar-refractivity contribution is 7.80. The molecule has 3 aromatic rings. The minimum Gasteiger partial charge on any atom is -0.468 e. The molecule has 4 rings (SSSR count). The summed E-state index contributed by atoms with van der Waals surface area (Å²) in [4.78, 5) is 41.4. The summed E-state index contributed by atoms with van der Waals surface area (Å²) in [7, 11) is 0. The molecule has 0 N–H and O–H groups in total. The van der Waals surface area contributed by atoms with E-state index in [9.17, 15) is 14.4 Å². The molecule has 0 aliphatic carbocycles. The molecular formula is C24H20N2O4S2. The Hall–Kier alpha value is -3.36. The smallest absolute Gasteiger partial charge is 0.275 e. The third-order valence-electron chi connectivity index (χ3n) is 5.15. The predicted octanol–water partition coefficient (Wildman–Crippen LogP) is 4.56. The van der Waals surface area contributed by atoms with Crippen molar-refractivity contribution in [2.45, 2.75) is 13.3 Å². The Morgan fingerprint density at radius 2 is 1.66 bits per heavy atom. The van der Waals surface area contributed by atoms with E-state index in [0.29, 0.717) is 28.1 Å². The van der Waals surface area contributed by atoms with E-state index >= 15 is 0 Å². The second-order valence-corrected chi connectivity index (χ2v) is 8.32. The Bertz CT molecular complexity index is 1160. The summed E-state index contributed by atoms with van der Waals surface area (Å²) in [6, 6.07) is 17.7. The highest BCUT2D eigenvalue weighted by Gasteiger charge is 2.35. The van der Waals surface area contributed by atoms with Crippen molar-refractivity contribution < 1.29 is 19.1 Å².